The van der Waals surface area contributed by atoms with Crippen molar-refractivity contribution < 1.29 is 9.53 Å². The molecule has 0 fully saturated rings. The van der Waals surface area contributed by atoms with E-state index in [4.69, 9.17) is 4.74 Å². The third-order valence-corrected chi connectivity index (χ3v) is 3.33. The maximum atomic E-state index is 12.3. The average Bonchev–Trinajstić information content (AvgIpc) is 2.50. The summed E-state index contributed by atoms with van der Waals surface area (Å²) in [5.74, 6) is -0.765. The zero-order valence-electron chi connectivity index (χ0n) is 11.7. The average molecular weight is 267 g/mol. The Labute approximate surface area is 120 Å². The summed E-state index contributed by atoms with van der Waals surface area (Å²) in [5, 5.41) is 0. The lowest BCUT2D eigenvalue weighted by atomic mass is 9.83. The highest BCUT2D eigenvalue weighted by Crippen LogP contribution is 2.33. The summed E-state index contributed by atoms with van der Waals surface area (Å²) >= 11 is 0. The molecule has 2 atom stereocenters. The summed E-state index contributed by atoms with van der Waals surface area (Å²) < 4.78 is 5.22. The molecule has 2 unspecified atom stereocenters. The van der Waals surface area contributed by atoms with Crippen molar-refractivity contribution in [1.82, 2.24) is 0 Å². The molecule has 0 N–H and O–H groups in total. The van der Waals surface area contributed by atoms with E-state index in [-0.39, 0.29) is 17.8 Å². The Hall–Kier alpha value is -2.09. The summed E-state index contributed by atoms with van der Waals surface area (Å²) in [6.07, 6.45) is 0. The van der Waals surface area contributed by atoms with Crippen LogP contribution in [0.2, 0.25) is 0 Å². The van der Waals surface area contributed by atoms with Gasteiger partial charge >= 0.3 is 5.97 Å². The highest BCUT2D eigenvalue weighted by Gasteiger charge is 2.29. The number of rotatable bonds is 5. The Morgan fingerprint density at radius 3 is 2.00 bits per heavy atom. The molecule has 0 aliphatic heterocycles. The molecule has 1 radical (unpaired) electrons. The van der Waals surface area contributed by atoms with E-state index in [1.165, 1.54) is 0 Å². The molecule has 0 saturated heterocycles. The van der Waals surface area contributed by atoms with Crippen LogP contribution in [-0.2, 0) is 9.53 Å². The summed E-state index contributed by atoms with van der Waals surface area (Å²) in [6, 6.07) is 19.6. The van der Waals surface area contributed by atoms with Gasteiger partial charge in [-0.25, -0.2) is 0 Å². The van der Waals surface area contributed by atoms with Crippen LogP contribution in [0.4, 0.5) is 0 Å². The fraction of sp³-hybridized carbons (Fsp3) is 0.222. The number of ether oxygens (including phenoxy) is 1. The van der Waals surface area contributed by atoms with Crippen LogP contribution in [0.25, 0.3) is 0 Å². The summed E-state index contributed by atoms with van der Waals surface area (Å²) in [4.78, 5) is 12.3. The van der Waals surface area contributed by atoms with Gasteiger partial charge in [0.05, 0.1) is 12.5 Å². The van der Waals surface area contributed by atoms with E-state index < -0.39 is 0 Å². The van der Waals surface area contributed by atoms with Gasteiger partial charge in [-0.2, -0.15) is 0 Å². The van der Waals surface area contributed by atoms with Crippen LogP contribution in [0.5, 0.6) is 0 Å². The minimum atomic E-state index is -0.376. The first-order valence-electron chi connectivity index (χ1n) is 6.83. The number of hydrogen-bond acceptors (Lipinski definition) is 2. The van der Waals surface area contributed by atoms with Crippen molar-refractivity contribution >= 4 is 5.97 Å². The van der Waals surface area contributed by atoms with Gasteiger partial charge < -0.3 is 4.74 Å². The molecule has 20 heavy (non-hydrogen) atoms. The predicted molar refractivity (Wildman–Crippen MR) is 80.4 cm³/mol. The van der Waals surface area contributed by atoms with Gasteiger partial charge in [-0.3, -0.25) is 4.79 Å². The molecule has 0 aliphatic rings. The van der Waals surface area contributed by atoms with Crippen LogP contribution in [0.1, 0.15) is 29.9 Å². The second-order valence-electron chi connectivity index (χ2n) is 4.66. The van der Waals surface area contributed by atoms with E-state index in [0.717, 1.165) is 11.1 Å². The third-order valence-electron chi connectivity index (χ3n) is 3.33. The Morgan fingerprint density at radius 2 is 1.50 bits per heavy atom. The van der Waals surface area contributed by atoms with Crippen molar-refractivity contribution in [1.29, 1.82) is 0 Å². The summed E-state index contributed by atoms with van der Waals surface area (Å²) in [5.41, 5.74) is 1.98. The van der Waals surface area contributed by atoms with E-state index in [2.05, 4.69) is 6.92 Å². The molecule has 0 spiro atoms. The van der Waals surface area contributed by atoms with E-state index in [0.29, 0.717) is 6.61 Å². The lowest BCUT2D eigenvalue weighted by Crippen LogP contribution is -2.21. The first-order chi connectivity index (χ1) is 9.74. The van der Waals surface area contributed by atoms with Crippen LogP contribution < -0.4 is 0 Å². The van der Waals surface area contributed by atoms with Gasteiger partial charge in [0.15, 0.2) is 0 Å². The second-order valence-corrected chi connectivity index (χ2v) is 4.66. The van der Waals surface area contributed by atoms with Gasteiger partial charge in [0.1, 0.15) is 0 Å². The Morgan fingerprint density at radius 1 is 1.00 bits per heavy atom. The van der Waals surface area contributed by atoms with E-state index in [9.17, 15) is 4.79 Å². The van der Waals surface area contributed by atoms with Gasteiger partial charge in [-0.05, 0) is 25.0 Å². The Bertz CT molecular complexity index is 534. The lowest BCUT2D eigenvalue weighted by Gasteiger charge is -2.23. The molecule has 0 aromatic heterocycles. The Kier molecular flexibility index (Phi) is 4.94. The zero-order valence-corrected chi connectivity index (χ0v) is 11.7. The van der Waals surface area contributed by atoms with Gasteiger partial charge in [-0.15, -0.1) is 0 Å². The van der Waals surface area contributed by atoms with Crippen molar-refractivity contribution in [2.24, 2.45) is 0 Å². The fourth-order valence-corrected chi connectivity index (χ4v) is 2.32. The summed E-state index contributed by atoms with van der Waals surface area (Å²) in [7, 11) is 0. The topological polar surface area (TPSA) is 26.3 Å². The Balaban J connectivity index is 2.34. The number of hydrogen-bond donors (Lipinski definition) is 0. The number of benzene rings is 2. The minimum Gasteiger partial charge on any atom is -0.466 e. The standard InChI is InChI=1S/C18H19O2/c1-3-20-18(19)17(16-12-8-5-9-13-16)14(2)15-10-6-4-7-11-15/h4-14,17H,2-3H2,1H3. The van der Waals surface area contributed by atoms with Crippen LogP contribution >= 0.6 is 0 Å². The van der Waals surface area contributed by atoms with E-state index in [1.54, 1.807) is 0 Å². The largest absolute Gasteiger partial charge is 0.466 e. The van der Waals surface area contributed by atoms with Crippen molar-refractivity contribution in [2.75, 3.05) is 6.61 Å². The van der Waals surface area contributed by atoms with Crippen LogP contribution in [0.15, 0.2) is 60.7 Å². The van der Waals surface area contributed by atoms with Crippen molar-refractivity contribution in [2.45, 2.75) is 18.8 Å². The number of carbonyl (C=O) groups excluding carboxylic acids is 1. The summed E-state index contributed by atoms with van der Waals surface area (Å²) in [6.45, 7) is 6.39. The van der Waals surface area contributed by atoms with Crippen molar-refractivity contribution in [3.8, 4) is 0 Å². The van der Waals surface area contributed by atoms with Gasteiger partial charge in [0.2, 0.25) is 0 Å². The molecule has 0 bridgehead atoms. The van der Waals surface area contributed by atoms with Crippen LogP contribution in [-0.4, -0.2) is 12.6 Å². The monoisotopic (exact) mass is 267 g/mol. The van der Waals surface area contributed by atoms with E-state index >= 15 is 0 Å². The van der Waals surface area contributed by atoms with Crippen molar-refractivity contribution in [3.63, 3.8) is 0 Å². The van der Waals surface area contributed by atoms with E-state index in [1.807, 2.05) is 67.6 Å². The lowest BCUT2D eigenvalue weighted by molar-refractivity contribution is -0.145. The van der Waals surface area contributed by atoms with Crippen LogP contribution in [0.3, 0.4) is 0 Å². The molecule has 2 nitrogen and oxygen atoms in total. The fourth-order valence-electron chi connectivity index (χ4n) is 2.32. The molecule has 0 saturated carbocycles. The predicted octanol–water partition coefficient (Wildman–Crippen LogP) is 3.95. The molecule has 2 aromatic rings. The van der Waals surface area contributed by atoms with Crippen molar-refractivity contribution in [3.05, 3.63) is 78.7 Å². The molecule has 2 rings (SSSR count). The number of esters is 1. The van der Waals surface area contributed by atoms with Crippen LogP contribution in [0, 0.1) is 6.92 Å². The highest BCUT2D eigenvalue weighted by atomic mass is 16.5. The molecule has 103 valence electrons. The second kappa shape index (κ2) is 6.90. The molecular weight excluding hydrogens is 248 g/mol. The number of carbonyl (C=O) groups is 1. The third kappa shape index (κ3) is 3.27. The molecule has 2 heteroatoms. The SMILES string of the molecule is [CH2]C(c1ccccc1)C(C(=O)OCC)c1ccccc1. The molecular formula is C18H19O2. The molecule has 2 aromatic carbocycles. The maximum absolute atomic E-state index is 12.3. The van der Waals surface area contributed by atoms with Gasteiger partial charge in [0, 0.05) is 5.92 Å². The highest BCUT2D eigenvalue weighted by molar-refractivity contribution is 5.79. The smallest absolute Gasteiger partial charge is 0.314 e. The first kappa shape index (κ1) is 14.3. The van der Waals surface area contributed by atoms with Gasteiger partial charge in [0.25, 0.3) is 0 Å². The zero-order chi connectivity index (χ0) is 14.4. The van der Waals surface area contributed by atoms with Gasteiger partial charge in [-0.1, -0.05) is 60.7 Å². The quantitative estimate of drug-likeness (QED) is 0.767. The minimum absolute atomic E-state index is 0.169. The molecule has 0 heterocycles. The molecule has 0 amide bonds. The molecule has 0 aliphatic carbocycles. The normalized spacial score (nSPS) is 13.5. The first-order valence-corrected chi connectivity index (χ1v) is 6.83. The maximum Gasteiger partial charge on any atom is 0.314 e.